The Kier molecular flexibility index (Phi) is 4.87. The van der Waals surface area contributed by atoms with Gasteiger partial charge < -0.3 is 16.2 Å². The number of benzene rings is 2. The van der Waals surface area contributed by atoms with Crippen molar-refractivity contribution >= 4 is 23.4 Å². The molecule has 0 saturated carbocycles. The third-order valence-electron chi connectivity index (χ3n) is 3.60. The van der Waals surface area contributed by atoms with Crippen molar-refractivity contribution in [3.8, 4) is 23.1 Å². The van der Waals surface area contributed by atoms with Crippen LogP contribution >= 0.6 is 11.6 Å². The van der Waals surface area contributed by atoms with E-state index in [2.05, 4.69) is 9.97 Å². The summed E-state index contributed by atoms with van der Waals surface area (Å²) in [6.45, 7) is -0.00495. The predicted octanol–water partition coefficient (Wildman–Crippen LogP) is 3.55. The van der Waals surface area contributed by atoms with E-state index in [9.17, 15) is 9.65 Å². The molecular weight excluding hydrogens is 357 g/mol. The number of aromatic nitrogens is 2. The van der Waals surface area contributed by atoms with Gasteiger partial charge in [0.15, 0.2) is 0 Å². The maximum Gasteiger partial charge on any atom is 0.222 e. The number of nitrogens with two attached hydrogens (primary N) is 2. The van der Waals surface area contributed by atoms with Gasteiger partial charge in [-0.05, 0) is 18.2 Å². The monoisotopic (exact) mass is 369 g/mol. The number of nitrogens with zero attached hydrogens (tertiary/aromatic N) is 3. The molecule has 0 unspecified atom stereocenters. The maximum absolute atomic E-state index is 13.9. The zero-order valence-electron chi connectivity index (χ0n) is 13.4. The molecule has 0 saturated heterocycles. The van der Waals surface area contributed by atoms with Gasteiger partial charge in [-0.25, -0.2) is 9.37 Å². The summed E-state index contributed by atoms with van der Waals surface area (Å²) in [6.07, 6.45) is 0. The summed E-state index contributed by atoms with van der Waals surface area (Å²) in [5.74, 6) is -0.0962. The SMILES string of the molecule is N#Cc1c(N)nc(N)nc1-c1cccc(OCc2cccc(Cl)c2F)c1. The minimum absolute atomic E-state index is 0.00215. The lowest BCUT2D eigenvalue weighted by molar-refractivity contribution is 0.300. The number of anilines is 2. The summed E-state index contributed by atoms with van der Waals surface area (Å²) in [6, 6.07) is 13.5. The van der Waals surface area contributed by atoms with Crippen LogP contribution in [0.5, 0.6) is 5.75 Å². The summed E-state index contributed by atoms with van der Waals surface area (Å²) >= 11 is 5.76. The van der Waals surface area contributed by atoms with Crippen LogP contribution < -0.4 is 16.2 Å². The zero-order chi connectivity index (χ0) is 18.7. The van der Waals surface area contributed by atoms with Crippen LogP contribution in [0.3, 0.4) is 0 Å². The average molecular weight is 370 g/mol. The van der Waals surface area contributed by atoms with E-state index in [1.807, 2.05) is 6.07 Å². The molecule has 3 rings (SSSR count). The molecule has 26 heavy (non-hydrogen) atoms. The first-order valence-electron chi connectivity index (χ1n) is 7.49. The average Bonchev–Trinajstić information content (AvgIpc) is 2.62. The Balaban J connectivity index is 1.90. The Morgan fingerprint density at radius 3 is 2.69 bits per heavy atom. The molecule has 0 amide bonds. The molecule has 0 spiro atoms. The Labute approximate surface area is 153 Å². The van der Waals surface area contributed by atoms with Crippen LogP contribution in [0.1, 0.15) is 11.1 Å². The van der Waals surface area contributed by atoms with Crippen LogP contribution in [0.15, 0.2) is 42.5 Å². The van der Waals surface area contributed by atoms with Gasteiger partial charge in [-0.15, -0.1) is 0 Å². The van der Waals surface area contributed by atoms with Gasteiger partial charge in [0.1, 0.15) is 35.6 Å². The minimum atomic E-state index is -0.520. The van der Waals surface area contributed by atoms with Crippen LogP contribution in [-0.2, 0) is 6.61 Å². The van der Waals surface area contributed by atoms with Gasteiger partial charge in [-0.2, -0.15) is 10.2 Å². The van der Waals surface area contributed by atoms with Crippen LogP contribution in [0.25, 0.3) is 11.3 Å². The van der Waals surface area contributed by atoms with Crippen LogP contribution in [0.4, 0.5) is 16.2 Å². The molecule has 130 valence electrons. The summed E-state index contributed by atoms with van der Waals surface area (Å²) in [4.78, 5) is 7.87. The zero-order valence-corrected chi connectivity index (χ0v) is 14.2. The summed E-state index contributed by atoms with van der Waals surface area (Å²) in [5.41, 5.74) is 12.7. The molecule has 0 atom stereocenters. The molecule has 8 heteroatoms. The topological polar surface area (TPSA) is 111 Å². The number of hydrogen-bond acceptors (Lipinski definition) is 6. The normalized spacial score (nSPS) is 10.3. The quantitative estimate of drug-likeness (QED) is 0.727. The van der Waals surface area contributed by atoms with Gasteiger partial charge in [-0.1, -0.05) is 35.9 Å². The van der Waals surface area contributed by atoms with Crippen molar-refractivity contribution in [2.75, 3.05) is 11.5 Å². The second-order valence-electron chi connectivity index (χ2n) is 5.33. The van der Waals surface area contributed by atoms with Crippen molar-refractivity contribution in [3.63, 3.8) is 0 Å². The van der Waals surface area contributed by atoms with E-state index in [0.29, 0.717) is 22.6 Å². The summed E-state index contributed by atoms with van der Waals surface area (Å²) in [7, 11) is 0. The van der Waals surface area contributed by atoms with Crippen LogP contribution in [-0.4, -0.2) is 9.97 Å². The highest BCUT2D eigenvalue weighted by Gasteiger charge is 2.14. The molecule has 0 bridgehead atoms. The molecule has 0 aliphatic heterocycles. The Morgan fingerprint density at radius 2 is 1.92 bits per heavy atom. The van der Waals surface area contributed by atoms with Crippen molar-refractivity contribution in [1.82, 2.24) is 9.97 Å². The fourth-order valence-corrected chi connectivity index (χ4v) is 2.56. The predicted molar refractivity (Wildman–Crippen MR) is 96.7 cm³/mol. The van der Waals surface area contributed by atoms with Gasteiger partial charge in [0.2, 0.25) is 5.95 Å². The fourth-order valence-electron chi connectivity index (χ4n) is 2.37. The van der Waals surface area contributed by atoms with E-state index in [4.69, 9.17) is 27.8 Å². The smallest absolute Gasteiger partial charge is 0.222 e. The number of nitrogen functional groups attached to an aromatic ring is 2. The summed E-state index contributed by atoms with van der Waals surface area (Å²) in [5, 5.41) is 9.33. The van der Waals surface area contributed by atoms with Crippen molar-refractivity contribution in [1.29, 1.82) is 5.26 Å². The maximum atomic E-state index is 13.9. The Bertz CT molecular complexity index is 1020. The van der Waals surface area contributed by atoms with Gasteiger partial charge in [0.25, 0.3) is 0 Å². The van der Waals surface area contributed by atoms with E-state index < -0.39 is 5.82 Å². The standard InChI is InChI=1S/C18H13ClFN5O/c19-14-6-2-4-11(15(14)20)9-26-12-5-1-3-10(7-12)16-13(8-21)17(22)25-18(23)24-16/h1-7H,9H2,(H4,22,23,24,25). The van der Waals surface area contributed by atoms with Crippen LogP contribution in [0.2, 0.25) is 5.02 Å². The third-order valence-corrected chi connectivity index (χ3v) is 3.89. The molecule has 0 aliphatic rings. The fraction of sp³-hybridized carbons (Fsp3) is 0.0556. The number of rotatable bonds is 4. The molecule has 0 fully saturated rings. The van der Waals surface area contributed by atoms with E-state index in [0.717, 1.165) is 0 Å². The highest BCUT2D eigenvalue weighted by molar-refractivity contribution is 6.30. The summed E-state index contributed by atoms with van der Waals surface area (Å²) < 4.78 is 19.6. The van der Waals surface area contributed by atoms with E-state index in [1.165, 1.54) is 6.07 Å². The van der Waals surface area contributed by atoms with E-state index in [-0.39, 0.29) is 29.0 Å². The molecule has 1 heterocycles. The van der Waals surface area contributed by atoms with E-state index >= 15 is 0 Å². The van der Waals surface area contributed by atoms with E-state index in [1.54, 1.807) is 36.4 Å². The molecule has 2 aromatic carbocycles. The van der Waals surface area contributed by atoms with Gasteiger partial charge in [-0.3, -0.25) is 0 Å². The van der Waals surface area contributed by atoms with Gasteiger partial charge in [0.05, 0.1) is 10.7 Å². The van der Waals surface area contributed by atoms with Crippen molar-refractivity contribution in [2.45, 2.75) is 6.61 Å². The van der Waals surface area contributed by atoms with Crippen molar-refractivity contribution in [2.24, 2.45) is 0 Å². The highest BCUT2D eigenvalue weighted by Crippen LogP contribution is 2.28. The number of hydrogen-bond donors (Lipinski definition) is 2. The molecule has 6 nitrogen and oxygen atoms in total. The molecule has 0 aliphatic carbocycles. The Morgan fingerprint density at radius 1 is 1.15 bits per heavy atom. The first-order chi connectivity index (χ1) is 12.5. The second-order valence-corrected chi connectivity index (χ2v) is 5.74. The molecule has 4 N–H and O–H groups in total. The number of ether oxygens (including phenoxy) is 1. The van der Waals surface area contributed by atoms with Gasteiger partial charge >= 0.3 is 0 Å². The number of halogens is 2. The van der Waals surface area contributed by atoms with Crippen molar-refractivity contribution in [3.05, 3.63) is 64.4 Å². The lowest BCUT2D eigenvalue weighted by atomic mass is 10.1. The number of nitriles is 1. The first kappa shape index (κ1) is 17.5. The second kappa shape index (κ2) is 7.25. The minimum Gasteiger partial charge on any atom is -0.489 e. The molecule has 1 aromatic heterocycles. The molecular formula is C18H13ClFN5O. The van der Waals surface area contributed by atoms with Gasteiger partial charge in [0, 0.05) is 11.1 Å². The largest absolute Gasteiger partial charge is 0.489 e. The lowest BCUT2D eigenvalue weighted by Gasteiger charge is -2.10. The third kappa shape index (κ3) is 3.50. The Hall–Kier alpha value is -3.37. The molecule has 3 aromatic rings. The highest BCUT2D eigenvalue weighted by atomic mass is 35.5. The lowest BCUT2D eigenvalue weighted by Crippen LogP contribution is -2.05. The van der Waals surface area contributed by atoms with Crippen LogP contribution in [0, 0.1) is 17.1 Å². The molecule has 0 radical (unpaired) electrons. The first-order valence-corrected chi connectivity index (χ1v) is 7.86. The van der Waals surface area contributed by atoms with Crippen molar-refractivity contribution < 1.29 is 9.13 Å².